The Kier molecular flexibility index (Phi) is 14.3. The number of allylic oxidation sites excluding steroid dienone is 1. The summed E-state index contributed by atoms with van der Waals surface area (Å²) in [6.45, 7) is 9.41. The van der Waals surface area contributed by atoms with Crippen molar-refractivity contribution in [3.63, 3.8) is 0 Å². The van der Waals surface area contributed by atoms with Gasteiger partial charge >= 0.3 is 26.0 Å². The Balaban J connectivity index is 1.45. The van der Waals surface area contributed by atoms with Crippen LogP contribution in [0.15, 0.2) is 30.4 Å². The van der Waals surface area contributed by atoms with E-state index in [1.807, 2.05) is 17.1 Å². The quantitative estimate of drug-likeness (QED) is 0.166. The molecule has 4 amide bonds. The highest BCUT2D eigenvalue weighted by Gasteiger charge is 2.68. The minimum Gasteiger partial charge on any atom is -0.444 e. The fraction of sp³-hybridized carbons (Fsp3) is 0.692. The van der Waals surface area contributed by atoms with Crippen LogP contribution in [0.2, 0.25) is 0 Å². The first-order valence-electron chi connectivity index (χ1n) is 20.0. The van der Waals surface area contributed by atoms with Gasteiger partial charge in [0.2, 0.25) is 11.8 Å². The lowest BCUT2D eigenvalue weighted by atomic mass is 10.0. The number of hydrogen-bond donors (Lipinski definition) is 3. The van der Waals surface area contributed by atoms with E-state index in [4.69, 9.17) is 18.5 Å². The number of fused-ring (bicyclic) bond motifs is 2. The van der Waals surface area contributed by atoms with Crippen LogP contribution in [0.25, 0.3) is 0 Å². The number of amides is 4. The van der Waals surface area contributed by atoms with E-state index < -0.39 is 72.4 Å². The lowest BCUT2D eigenvalue weighted by molar-refractivity contribution is -0.140. The summed E-state index contributed by atoms with van der Waals surface area (Å²) in [6, 6.07) is 0.789. The van der Waals surface area contributed by atoms with E-state index in [9.17, 15) is 36.9 Å². The van der Waals surface area contributed by atoms with Crippen LogP contribution in [0.4, 0.5) is 34.1 Å². The maximum Gasteiger partial charge on any atom is 0.416 e. The number of nitrogens with one attached hydrogen (secondary N) is 3. The number of anilines is 2. The fourth-order valence-electron chi connectivity index (χ4n) is 7.78. The molecule has 14 nitrogen and oxygen atoms in total. The monoisotopic (exact) mass is 827 g/mol. The van der Waals surface area contributed by atoms with Gasteiger partial charge in [0.05, 0.1) is 36.7 Å². The van der Waals surface area contributed by atoms with E-state index in [1.165, 1.54) is 11.0 Å². The summed E-state index contributed by atoms with van der Waals surface area (Å²) in [5.41, 5.74) is -1.48. The second kappa shape index (κ2) is 18.4. The molecule has 4 aliphatic rings. The summed E-state index contributed by atoms with van der Waals surface area (Å²) in [6.07, 6.45) is 1.90. The molecule has 5 rings (SSSR count). The van der Waals surface area contributed by atoms with Gasteiger partial charge < -0.3 is 39.0 Å². The van der Waals surface area contributed by atoms with Gasteiger partial charge in [-0.2, -0.15) is 13.2 Å². The van der Waals surface area contributed by atoms with Crippen molar-refractivity contribution in [2.75, 3.05) is 43.1 Å². The molecule has 0 spiro atoms. The Morgan fingerprint density at radius 1 is 0.982 bits per heavy atom. The van der Waals surface area contributed by atoms with E-state index >= 15 is 0 Å². The standard InChI is InChI=1S/C39H57F3N5O9P/c1-6-53-57(52,54-7-2)38-24-27(38)16-12-9-8-10-13-17-29(43-36(51)56-37(3,4)5)34(49)47-25-28(23-32(47)33(48)45-38)55-35(50)44-30-22-26(39(40,41)42)18-19-31(30)46-20-14-11-15-21-46/h12,16,18-19,22,27-29,32H,6-11,13-15,17,20-21,23-25H2,1-5H3,(H,43,51)(H,44,50)(H,45,48)/b16-12-/t27-,28+,29-,32-,38-/m0/s1. The smallest absolute Gasteiger partial charge is 0.416 e. The first kappa shape index (κ1) is 44.3. The van der Waals surface area contributed by atoms with Crippen molar-refractivity contribution < 1.29 is 55.4 Å². The summed E-state index contributed by atoms with van der Waals surface area (Å²) in [4.78, 5) is 58.5. The highest BCUT2D eigenvalue weighted by atomic mass is 31.2. The third-order valence-corrected chi connectivity index (χ3v) is 13.3. The molecule has 318 valence electrons. The molecule has 3 heterocycles. The van der Waals surface area contributed by atoms with Crippen LogP contribution in [0.3, 0.4) is 0 Å². The molecule has 5 atom stereocenters. The molecule has 0 unspecified atom stereocenters. The number of hydrogen-bond acceptors (Lipinski definition) is 10. The molecule has 2 saturated heterocycles. The van der Waals surface area contributed by atoms with Gasteiger partial charge in [-0.1, -0.05) is 25.0 Å². The lowest BCUT2D eigenvalue weighted by Gasteiger charge is -2.32. The van der Waals surface area contributed by atoms with Crippen LogP contribution in [0.1, 0.15) is 104 Å². The molecule has 1 saturated carbocycles. The zero-order chi connectivity index (χ0) is 41.6. The molecule has 3 N–H and O–H groups in total. The Morgan fingerprint density at radius 3 is 2.32 bits per heavy atom. The Labute approximate surface area is 332 Å². The molecule has 3 aliphatic heterocycles. The highest BCUT2D eigenvalue weighted by molar-refractivity contribution is 7.56. The predicted molar refractivity (Wildman–Crippen MR) is 207 cm³/mol. The van der Waals surface area contributed by atoms with Crippen LogP contribution in [-0.4, -0.2) is 90.8 Å². The molecule has 1 aliphatic carbocycles. The van der Waals surface area contributed by atoms with Crippen molar-refractivity contribution in [2.24, 2.45) is 5.92 Å². The van der Waals surface area contributed by atoms with Gasteiger partial charge in [-0.05, 0) is 97.8 Å². The number of alkyl carbamates (subject to hydrolysis) is 1. The number of piperidine rings is 1. The molecule has 1 aromatic carbocycles. The van der Waals surface area contributed by atoms with Crippen LogP contribution in [0.5, 0.6) is 0 Å². The van der Waals surface area contributed by atoms with E-state index in [0.717, 1.165) is 44.2 Å². The number of ether oxygens (including phenoxy) is 2. The topological polar surface area (TPSA) is 165 Å². The second-order valence-corrected chi connectivity index (χ2v) is 18.3. The van der Waals surface area contributed by atoms with Crippen molar-refractivity contribution in [1.82, 2.24) is 15.5 Å². The number of halogens is 3. The fourth-order valence-corrected chi connectivity index (χ4v) is 10.2. The van der Waals surface area contributed by atoms with Crippen LogP contribution in [-0.2, 0) is 38.9 Å². The third kappa shape index (κ3) is 11.0. The molecule has 3 fully saturated rings. The molecular weight excluding hydrogens is 770 g/mol. The number of benzene rings is 1. The van der Waals surface area contributed by atoms with Crippen molar-refractivity contribution in [3.05, 3.63) is 35.9 Å². The van der Waals surface area contributed by atoms with Gasteiger partial charge in [0.15, 0.2) is 0 Å². The summed E-state index contributed by atoms with van der Waals surface area (Å²) in [7, 11) is -3.96. The summed E-state index contributed by atoms with van der Waals surface area (Å²) in [5.74, 6) is -1.70. The van der Waals surface area contributed by atoms with Crippen LogP contribution < -0.4 is 20.9 Å². The highest BCUT2D eigenvalue weighted by Crippen LogP contribution is 2.73. The largest absolute Gasteiger partial charge is 0.444 e. The van der Waals surface area contributed by atoms with Crippen molar-refractivity contribution >= 4 is 43.0 Å². The van der Waals surface area contributed by atoms with Crippen LogP contribution in [0, 0.1) is 5.92 Å². The molecule has 0 bridgehead atoms. The van der Waals surface area contributed by atoms with Gasteiger partial charge in [-0.3, -0.25) is 19.5 Å². The number of alkyl halides is 3. The molecule has 18 heteroatoms. The molecule has 0 radical (unpaired) electrons. The van der Waals surface area contributed by atoms with Gasteiger partial charge in [0.25, 0.3) is 0 Å². The summed E-state index contributed by atoms with van der Waals surface area (Å²) < 4.78 is 78.4. The number of carbonyl (C=O) groups is 4. The maximum atomic E-state index is 14.4. The van der Waals surface area contributed by atoms with Crippen molar-refractivity contribution in [3.8, 4) is 0 Å². The third-order valence-electron chi connectivity index (χ3n) is 10.5. The average Bonchev–Trinajstić information content (AvgIpc) is 3.67. The average molecular weight is 828 g/mol. The molecule has 1 aromatic rings. The zero-order valence-corrected chi connectivity index (χ0v) is 34.3. The Bertz CT molecular complexity index is 1690. The second-order valence-electron chi connectivity index (χ2n) is 16.0. The zero-order valence-electron chi connectivity index (χ0n) is 33.5. The molecule has 57 heavy (non-hydrogen) atoms. The summed E-state index contributed by atoms with van der Waals surface area (Å²) >= 11 is 0. The van der Waals surface area contributed by atoms with Crippen molar-refractivity contribution in [2.45, 2.75) is 134 Å². The minimum atomic E-state index is -4.67. The van der Waals surface area contributed by atoms with Gasteiger partial charge in [-0.25, -0.2) is 9.59 Å². The van der Waals surface area contributed by atoms with E-state index in [1.54, 1.807) is 34.6 Å². The Hall–Kier alpha value is -3.82. The normalized spacial score (nSPS) is 26.9. The number of nitrogens with zero attached hydrogens (tertiary/aromatic N) is 2. The number of rotatable bonds is 9. The maximum absolute atomic E-state index is 14.4. The van der Waals surface area contributed by atoms with Gasteiger partial charge in [0.1, 0.15) is 29.1 Å². The Morgan fingerprint density at radius 2 is 1.67 bits per heavy atom. The first-order chi connectivity index (χ1) is 26.9. The lowest BCUT2D eigenvalue weighted by Crippen LogP contribution is -2.55. The van der Waals surface area contributed by atoms with Crippen LogP contribution >= 0.6 is 7.60 Å². The predicted octanol–water partition coefficient (Wildman–Crippen LogP) is 7.73. The minimum absolute atomic E-state index is 0.0494. The molecular formula is C39H57F3N5O9P. The van der Waals surface area contributed by atoms with Gasteiger partial charge in [-0.15, -0.1) is 0 Å². The van der Waals surface area contributed by atoms with E-state index in [2.05, 4.69) is 16.0 Å². The van der Waals surface area contributed by atoms with E-state index in [0.29, 0.717) is 31.6 Å². The van der Waals surface area contributed by atoms with Gasteiger partial charge in [0, 0.05) is 25.4 Å². The molecule has 0 aromatic heterocycles. The van der Waals surface area contributed by atoms with E-state index in [-0.39, 0.29) is 50.6 Å². The SMILES string of the molecule is CCOP(=O)(OCC)[C@@]12C[C@@H]1/C=C\CCCCC[C@H](NC(=O)OC(C)(C)C)C(=O)N1C[C@H](OC(=O)Nc3cc(C(F)(F)F)ccc3N3CCCCC3)C[C@H]1C(=O)N2. The van der Waals surface area contributed by atoms with Crippen molar-refractivity contribution in [1.29, 1.82) is 0 Å². The summed E-state index contributed by atoms with van der Waals surface area (Å²) in [5, 5.41) is 6.68. The number of carbonyl (C=O) groups excluding carboxylic acids is 4. The first-order valence-corrected chi connectivity index (χ1v) is 21.6.